The Balaban J connectivity index is 1.41. The van der Waals surface area contributed by atoms with Crippen molar-refractivity contribution in [3.8, 4) is 17.2 Å². The summed E-state index contributed by atoms with van der Waals surface area (Å²) >= 11 is 3.08. The molecule has 2 N–H and O–H groups in total. The van der Waals surface area contributed by atoms with Gasteiger partial charge in [-0.2, -0.15) is 13.1 Å². The first kappa shape index (κ1) is 26.0. The minimum Gasteiger partial charge on any atom is -0.443 e. The molecule has 4 rings (SSSR count). The lowest BCUT2D eigenvalue weighted by molar-refractivity contribution is 0.0569. The molecule has 0 unspecified atom stereocenters. The number of benzene rings is 1. The number of nitrogens with zero attached hydrogens (tertiary/aromatic N) is 4. The highest BCUT2D eigenvalue weighted by molar-refractivity contribution is 9.10. The summed E-state index contributed by atoms with van der Waals surface area (Å²) in [5.41, 5.74) is -0.00516. The molecule has 194 valence electrons. The van der Waals surface area contributed by atoms with Crippen LogP contribution in [0.3, 0.4) is 0 Å². The molecule has 0 radical (unpaired) electrons. The Morgan fingerprint density at radius 2 is 2.00 bits per heavy atom. The van der Waals surface area contributed by atoms with Crippen LogP contribution >= 0.6 is 15.9 Å². The summed E-state index contributed by atoms with van der Waals surface area (Å²) in [6, 6.07) is 3.54. The lowest BCUT2D eigenvalue weighted by Gasteiger charge is -2.35. The molecule has 0 spiro atoms. The molecule has 3 aromatic rings. The Labute approximate surface area is 212 Å². The van der Waals surface area contributed by atoms with Gasteiger partial charge >= 0.3 is 22.1 Å². The van der Waals surface area contributed by atoms with Crippen LogP contribution in [0.1, 0.15) is 39.3 Å². The van der Waals surface area contributed by atoms with Gasteiger partial charge in [0.2, 0.25) is 5.82 Å². The van der Waals surface area contributed by atoms with Crippen molar-refractivity contribution < 1.29 is 31.5 Å². The van der Waals surface area contributed by atoms with Gasteiger partial charge in [-0.25, -0.2) is 27.9 Å². The van der Waals surface area contributed by atoms with Crippen molar-refractivity contribution in [3.63, 3.8) is 0 Å². The number of halogens is 2. The highest BCUT2D eigenvalue weighted by atomic mass is 79.9. The Morgan fingerprint density at radius 3 is 2.67 bits per heavy atom. The zero-order chi connectivity index (χ0) is 26.3. The van der Waals surface area contributed by atoms with Gasteiger partial charge in [-0.3, -0.25) is 4.52 Å². The summed E-state index contributed by atoms with van der Waals surface area (Å²) < 4.78 is 58.1. The van der Waals surface area contributed by atoms with E-state index in [-0.39, 0.29) is 27.6 Å². The summed E-state index contributed by atoms with van der Waals surface area (Å²) in [6.45, 7) is 4.85. The first-order chi connectivity index (χ1) is 16.8. The van der Waals surface area contributed by atoms with Crippen molar-refractivity contribution in [2.45, 2.75) is 51.7 Å². The van der Waals surface area contributed by atoms with Crippen LogP contribution in [0.15, 0.2) is 36.6 Å². The van der Waals surface area contributed by atoms with Gasteiger partial charge in [0, 0.05) is 6.04 Å². The molecule has 13 nitrogen and oxygen atoms in total. The largest absolute Gasteiger partial charge is 0.446 e. The molecule has 1 amide bonds. The Hall–Kier alpha value is -3.11. The number of ether oxygens (including phenoxy) is 1. The monoisotopic (exact) mass is 588 g/mol. The molecule has 0 aliphatic heterocycles. The Kier molecular flexibility index (Phi) is 7.03. The molecule has 1 fully saturated rings. The molecule has 1 aliphatic rings. The lowest BCUT2D eigenvalue weighted by Crippen LogP contribution is -2.51. The van der Waals surface area contributed by atoms with Gasteiger partial charge in [-0.1, -0.05) is 10.3 Å². The molecule has 2 heterocycles. The smallest absolute Gasteiger partial charge is 0.443 e. The maximum Gasteiger partial charge on any atom is 0.446 e. The minimum atomic E-state index is -4.10. The predicted octanol–water partition coefficient (Wildman–Crippen LogP) is 2.46. The lowest BCUT2D eigenvalue weighted by atomic mass is 9.78. The third-order valence-corrected chi connectivity index (χ3v) is 6.88. The average molecular weight is 589 g/mol. The predicted molar refractivity (Wildman–Crippen MR) is 125 cm³/mol. The highest BCUT2D eigenvalue weighted by Crippen LogP contribution is 2.33. The van der Waals surface area contributed by atoms with E-state index in [1.807, 2.05) is 4.72 Å². The van der Waals surface area contributed by atoms with Gasteiger partial charge in [-0.15, -0.1) is 0 Å². The fourth-order valence-corrected chi connectivity index (χ4v) is 5.01. The standard InChI is InChI=1S/C20H22BrFN6O7S/c1-20(2,3)33-18(29)27-36(31,32)26-11-6-10(7-11)8-15-16(24-35-23-15)17-25-34-19(30)28(17)12-4-5-14(22)13(21)9-12/h4-5,9-11,26H,6-8H2,1-3H3,(H,27,29). The zero-order valence-electron chi connectivity index (χ0n) is 19.3. The summed E-state index contributed by atoms with van der Waals surface area (Å²) in [6.07, 6.45) is 0.192. The van der Waals surface area contributed by atoms with E-state index >= 15 is 0 Å². The van der Waals surface area contributed by atoms with Crippen LogP contribution in [0.25, 0.3) is 17.2 Å². The second-order valence-corrected chi connectivity index (χ2v) is 11.5. The molecule has 1 aliphatic carbocycles. The van der Waals surface area contributed by atoms with Crippen molar-refractivity contribution in [3.05, 3.63) is 44.7 Å². The summed E-state index contributed by atoms with van der Waals surface area (Å²) in [5.74, 6) is -1.29. The highest BCUT2D eigenvalue weighted by Gasteiger charge is 2.35. The summed E-state index contributed by atoms with van der Waals surface area (Å²) in [7, 11) is -4.10. The number of amides is 1. The van der Waals surface area contributed by atoms with E-state index in [0.717, 1.165) is 4.57 Å². The quantitative estimate of drug-likeness (QED) is 0.417. The van der Waals surface area contributed by atoms with Crippen LogP contribution in [-0.2, 0) is 21.4 Å². The van der Waals surface area contributed by atoms with E-state index in [1.165, 1.54) is 18.2 Å². The second-order valence-electron chi connectivity index (χ2n) is 9.23. The van der Waals surface area contributed by atoms with E-state index in [0.29, 0.717) is 25.0 Å². The molecule has 1 aromatic carbocycles. The fraction of sp³-hybridized carbons (Fsp3) is 0.450. The average Bonchev–Trinajstić information content (AvgIpc) is 3.32. The van der Waals surface area contributed by atoms with Crippen molar-refractivity contribution in [1.29, 1.82) is 0 Å². The van der Waals surface area contributed by atoms with E-state index in [1.54, 1.807) is 20.8 Å². The molecule has 0 saturated heterocycles. The van der Waals surface area contributed by atoms with Crippen molar-refractivity contribution in [2.24, 2.45) is 5.92 Å². The number of aromatic nitrogens is 4. The number of hydrogen-bond acceptors (Lipinski definition) is 10. The topological polar surface area (TPSA) is 171 Å². The van der Waals surface area contributed by atoms with Crippen LogP contribution in [0, 0.1) is 11.7 Å². The Bertz CT molecular complexity index is 1440. The van der Waals surface area contributed by atoms with Gasteiger partial charge in [0.15, 0.2) is 5.69 Å². The van der Waals surface area contributed by atoms with Gasteiger partial charge in [0.1, 0.15) is 17.1 Å². The van der Waals surface area contributed by atoms with E-state index < -0.39 is 39.5 Å². The van der Waals surface area contributed by atoms with Crippen LogP contribution in [0.5, 0.6) is 0 Å². The van der Waals surface area contributed by atoms with Crippen molar-refractivity contribution >= 4 is 32.2 Å². The van der Waals surface area contributed by atoms with Crippen molar-refractivity contribution in [1.82, 2.24) is 29.5 Å². The second kappa shape index (κ2) is 9.74. The van der Waals surface area contributed by atoms with Gasteiger partial charge < -0.3 is 4.74 Å². The SMILES string of the molecule is CC(C)(C)OC(=O)NS(=O)(=O)NC1CC(Cc2nonc2-c2noc(=O)n2-c2ccc(F)c(Br)c2)C1. The molecule has 36 heavy (non-hydrogen) atoms. The number of rotatable bonds is 7. The number of nitrogens with one attached hydrogen (secondary N) is 2. The summed E-state index contributed by atoms with van der Waals surface area (Å²) in [5, 5.41) is 11.5. The molecule has 16 heteroatoms. The third kappa shape index (κ3) is 5.99. The Morgan fingerprint density at radius 1 is 1.28 bits per heavy atom. The molecular formula is C20H22BrFN6O7S. The van der Waals surface area contributed by atoms with Crippen LogP contribution in [-0.4, -0.2) is 46.2 Å². The third-order valence-electron chi connectivity index (χ3n) is 5.19. The van der Waals surface area contributed by atoms with Crippen molar-refractivity contribution in [2.75, 3.05) is 0 Å². The molecule has 0 atom stereocenters. The fourth-order valence-electron chi connectivity index (χ4n) is 3.69. The maximum absolute atomic E-state index is 13.6. The van der Waals surface area contributed by atoms with Crippen LogP contribution in [0.2, 0.25) is 0 Å². The normalized spacial score (nSPS) is 18.0. The maximum atomic E-state index is 13.6. The number of hydrogen-bond donors (Lipinski definition) is 2. The molecular weight excluding hydrogens is 567 g/mol. The van der Waals surface area contributed by atoms with Crippen LogP contribution in [0.4, 0.5) is 9.18 Å². The molecule has 0 bridgehead atoms. The zero-order valence-corrected chi connectivity index (χ0v) is 21.7. The summed E-state index contributed by atoms with van der Waals surface area (Å²) in [4.78, 5) is 24.0. The number of carbonyl (C=O) groups is 1. The van der Waals surface area contributed by atoms with Gasteiger partial charge in [0.25, 0.3) is 0 Å². The molecule has 1 saturated carbocycles. The first-order valence-electron chi connectivity index (χ1n) is 10.7. The van der Waals surface area contributed by atoms with E-state index in [4.69, 9.17) is 13.9 Å². The van der Waals surface area contributed by atoms with Gasteiger partial charge in [0.05, 0.1) is 10.2 Å². The van der Waals surface area contributed by atoms with E-state index in [9.17, 15) is 22.4 Å². The molecule has 2 aromatic heterocycles. The van der Waals surface area contributed by atoms with Crippen LogP contribution < -0.4 is 15.2 Å². The van der Waals surface area contributed by atoms with E-state index in [2.05, 4.69) is 36.1 Å². The minimum absolute atomic E-state index is 0.0110. The number of carbonyl (C=O) groups excluding carboxylic acids is 1. The van der Waals surface area contributed by atoms with Gasteiger partial charge in [-0.05, 0) is 85.2 Å². The first-order valence-corrected chi connectivity index (χ1v) is 13.0.